The molecule has 0 aromatic rings. The molecule has 0 spiro atoms. The fraction of sp³-hybridized carbons (Fsp3) is 0.492. The minimum Gasteiger partial charge on any atom is -0.478 e. The molecule has 2 unspecified atom stereocenters. The standard InChI is InChI=1S/C8H18O2.C4H10O3.11C4H6O2.C4H10O2.C3H8O2.C2H6O2/c1-6(2)7(10)8(3,4)5-9;5-2-1-4(7)3-6;11*1-3(2)4(5)6;5-3-1-2-4-6;4-2-1-3-5;3-1-2-4/h6-7,9-10H,5H2,1-4H3;4-7H,1-3H2;11*1H2,2H3,(H,5,6);5-6H,1-4H2;4-5H,1-3H2;3-4H,1-2H2. The van der Waals surface area contributed by atoms with Crippen LogP contribution in [0.4, 0.5) is 0 Å². The predicted octanol–water partition coefficient (Wildman–Crippen LogP) is 4.95. The van der Waals surface area contributed by atoms with Crippen molar-refractivity contribution in [2.75, 3.05) is 59.5 Å². The van der Waals surface area contributed by atoms with Crippen LogP contribution in [0.1, 0.15) is 130 Å². The maximum Gasteiger partial charge on any atom is 0.330 e. The molecule has 0 bridgehead atoms. The largest absolute Gasteiger partial charge is 0.478 e. The third-order valence-corrected chi connectivity index (χ3v) is 7.51. The first-order valence-electron chi connectivity index (χ1n) is 27.7. The van der Waals surface area contributed by atoms with Crippen LogP contribution in [0.15, 0.2) is 134 Å². The molecule has 33 heteroatoms. The van der Waals surface area contributed by atoms with Crippen LogP contribution in [0.2, 0.25) is 0 Å². The van der Waals surface area contributed by atoms with Crippen LogP contribution in [0.5, 0.6) is 0 Å². The van der Waals surface area contributed by atoms with E-state index in [0.717, 1.165) is 12.8 Å². The van der Waals surface area contributed by atoms with Gasteiger partial charge in [0.05, 0.1) is 38.6 Å². The topological polar surface area (TPSA) is 633 Å². The summed E-state index contributed by atoms with van der Waals surface area (Å²) in [5.41, 5.74) is 1.57. The molecule has 0 saturated carbocycles. The number of carboxylic acid groups (broad SMARTS) is 11. The van der Waals surface area contributed by atoms with E-state index in [4.69, 9.17) is 107 Å². The van der Waals surface area contributed by atoms with Gasteiger partial charge >= 0.3 is 65.7 Å². The Kier molecular flexibility index (Phi) is 121. The fourth-order valence-electron chi connectivity index (χ4n) is 1.53. The summed E-state index contributed by atoms with van der Waals surface area (Å²) in [4.78, 5) is 106. The second-order valence-electron chi connectivity index (χ2n) is 19.5. The lowest BCUT2D eigenvalue weighted by molar-refractivity contribution is -0.133. The lowest BCUT2D eigenvalue weighted by atomic mass is 9.82. The van der Waals surface area contributed by atoms with Gasteiger partial charge in [-0.25, -0.2) is 52.7 Å². The first-order valence-corrected chi connectivity index (χ1v) is 27.7. The molecule has 0 amide bonds. The van der Waals surface area contributed by atoms with E-state index in [1.807, 2.05) is 27.7 Å². The molecule has 576 valence electrons. The van der Waals surface area contributed by atoms with Crippen molar-refractivity contribution in [3.05, 3.63) is 134 Å². The average Bonchev–Trinajstić information content (AvgIpc) is 0.913. The molecule has 0 saturated heterocycles. The van der Waals surface area contributed by atoms with E-state index in [9.17, 15) is 57.8 Å². The Bertz CT molecular complexity index is 1740. The summed E-state index contributed by atoms with van der Waals surface area (Å²) in [5, 5.41) is 177. The van der Waals surface area contributed by atoms with Gasteiger partial charge in [0.25, 0.3) is 0 Å². The molecular weight excluding hydrogens is 1310 g/mol. The van der Waals surface area contributed by atoms with Crippen molar-refractivity contribution in [2.45, 2.75) is 142 Å². The average molecular weight is 1430 g/mol. The number of hydrogen-bond acceptors (Lipinski definition) is 22. The minimum atomic E-state index is -0.935. The Morgan fingerprint density at radius 2 is 0.408 bits per heavy atom. The van der Waals surface area contributed by atoms with Gasteiger partial charge in [-0.1, -0.05) is 100 Å². The van der Waals surface area contributed by atoms with E-state index in [1.165, 1.54) is 76.2 Å². The molecule has 0 aliphatic carbocycles. The molecule has 22 N–H and O–H groups in total. The predicted molar refractivity (Wildman–Crippen MR) is 370 cm³/mol. The number of rotatable bonds is 23. The summed E-state index contributed by atoms with van der Waals surface area (Å²) in [6, 6.07) is 0. The highest BCUT2D eigenvalue weighted by molar-refractivity contribution is 5.88. The molecule has 0 radical (unpaired) electrons. The smallest absolute Gasteiger partial charge is 0.330 e. The molecule has 98 heavy (non-hydrogen) atoms. The number of carbonyl (C=O) groups is 11. The fourth-order valence-corrected chi connectivity index (χ4v) is 1.53. The van der Waals surface area contributed by atoms with Crippen molar-refractivity contribution in [2.24, 2.45) is 11.3 Å². The first-order chi connectivity index (χ1) is 44.0. The van der Waals surface area contributed by atoms with Crippen molar-refractivity contribution in [3.63, 3.8) is 0 Å². The number of aliphatic hydroxyl groups is 11. The normalized spacial score (nSPS) is 8.97. The molecule has 0 aromatic heterocycles. The molecule has 0 aromatic carbocycles. The van der Waals surface area contributed by atoms with Crippen LogP contribution in [0.25, 0.3) is 0 Å². The SMILES string of the molecule is C=C(C)C(=O)O.C=C(C)C(=O)O.C=C(C)C(=O)O.C=C(C)C(=O)O.C=C(C)C(=O)O.C=C(C)C(=O)O.C=C(C)C(=O)O.C=C(C)C(=O)O.C=C(C)C(=O)O.C=C(C)C(=O)O.C=C(C)C(=O)O.CC(C)C(O)C(C)(C)CO.OCCC(O)CO.OCCCCO.OCCCO.OCCO. The lowest BCUT2D eigenvalue weighted by Gasteiger charge is -2.30. The quantitative estimate of drug-likeness (QED) is 0.0475. The van der Waals surface area contributed by atoms with Crippen LogP contribution >= 0.6 is 0 Å². The summed E-state index contributed by atoms with van der Waals surface area (Å²) in [5.74, 6) is -10.1. The Morgan fingerprint density at radius 1 is 0.276 bits per heavy atom. The molecule has 0 rings (SSSR count). The minimum absolute atomic E-state index is 0.0341. The van der Waals surface area contributed by atoms with Crippen molar-refractivity contribution in [1.29, 1.82) is 0 Å². The Balaban J connectivity index is -0.0000000524. The number of hydrogen-bond donors (Lipinski definition) is 22. The second kappa shape index (κ2) is 92.1. The van der Waals surface area contributed by atoms with Gasteiger partial charge in [0.2, 0.25) is 0 Å². The Hall–Kier alpha value is -9.13. The van der Waals surface area contributed by atoms with E-state index in [1.54, 1.807) is 0 Å². The third kappa shape index (κ3) is 185. The molecular formula is C65H118O33. The number of unbranched alkanes of at least 4 members (excludes halogenated alkanes) is 1. The summed E-state index contributed by atoms with van der Waals surface area (Å²) in [7, 11) is 0. The van der Waals surface area contributed by atoms with Gasteiger partial charge in [-0.05, 0) is 108 Å². The van der Waals surface area contributed by atoms with Crippen LogP contribution in [0, 0.1) is 11.3 Å². The summed E-state index contributed by atoms with van der Waals surface area (Å²) in [6.45, 7) is 58.3. The van der Waals surface area contributed by atoms with E-state index < -0.39 is 77.9 Å². The van der Waals surface area contributed by atoms with Gasteiger partial charge in [0.15, 0.2) is 0 Å². The van der Waals surface area contributed by atoms with E-state index in [-0.39, 0.29) is 139 Å². The highest BCUT2D eigenvalue weighted by atomic mass is 16.4. The summed E-state index contributed by atoms with van der Waals surface area (Å²) >= 11 is 0. The Labute approximate surface area is 575 Å². The Morgan fingerprint density at radius 3 is 0.439 bits per heavy atom. The molecule has 0 aliphatic heterocycles. The number of carboxylic acids is 11. The van der Waals surface area contributed by atoms with Crippen LogP contribution in [-0.4, -0.2) is 250 Å². The van der Waals surface area contributed by atoms with Crippen LogP contribution in [0.3, 0.4) is 0 Å². The molecule has 33 nitrogen and oxygen atoms in total. The highest BCUT2D eigenvalue weighted by Crippen LogP contribution is 2.24. The van der Waals surface area contributed by atoms with Gasteiger partial charge in [0.1, 0.15) is 0 Å². The first kappa shape index (κ1) is 129. The zero-order valence-electron chi connectivity index (χ0n) is 59.5. The van der Waals surface area contributed by atoms with E-state index >= 15 is 0 Å². The van der Waals surface area contributed by atoms with Gasteiger partial charge in [-0.15, -0.1) is 0 Å². The third-order valence-electron chi connectivity index (χ3n) is 7.51. The number of aliphatic carboxylic acids is 11. The van der Waals surface area contributed by atoms with E-state index in [2.05, 4.69) is 72.4 Å². The maximum absolute atomic E-state index is 9.60. The highest BCUT2D eigenvalue weighted by Gasteiger charge is 2.29. The molecule has 0 aliphatic rings. The van der Waals surface area contributed by atoms with Gasteiger partial charge < -0.3 is 112 Å². The molecule has 0 heterocycles. The van der Waals surface area contributed by atoms with Crippen molar-refractivity contribution in [1.82, 2.24) is 0 Å². The molecule has 2 atom stereocenters. The second-order valence-corrected chi connectivity index (χ2v) is 19.5. The van der Waals surface area contributed by atoms with Crippen molar-refractivity contribution < 1.29 is 165 Å². The number of aliphatic hydroxyl groups excluding tert-OH is 11. The summed E-state index contributed by atoms with van der Waals surface area (Å²) in [6.07, 6.45) is 1.03. The maximum atomic E-state index is 9.60. The monoisotopic (exact) mass is 1430 g/mol. The van der Waals surface area contributed by atoms with Crippen LogP contribution in [-0.2, 0) is 52.7 Å². The molecule has 0 fully saturated rings. The van der Waals surface area contributed by atoms with Crippen LogP contribution < -0.4 is 0 Å². The van der Waals surface area contributed by atoms with Crippen molar-refractivity contribution in [3.8, 4) is 0 Å². The zero-order chi connectivity index (χ0) is 83.1. The van der Waals surface area contributed by atoms with Gasteiger partial charge in [-0.3, -0.25) is 0 Å². The van der Waals surface area contributed by atoms with E-state index in [0.29, 0.717) is 6.42 Å². The zero-order valence-corrected chi connectivity index (χ0v) is 59.5. The van der Waals surface area contributed by atoms with Gasteiger partial charge in [0, 0.05) is 99.8 Å². The lowest BCUT2D eigenvalue weighted by Crippen LogP contribution is -2.36. The van der Waals surface area contributed by atoms with Gasteiger partial charge in [-0.2, -0.15) is 0 Å². The summed E-state index contributed by atoms with van der Waals surface area (Å²) < 4.78 is 0. The van der Waals surface area contributed by atoms with Crippen molar-refractivity contribution >= 4 is 65.7 Å².